The van der Waals surface area contributed by atoms with Crippen molar-refractivity contribution < 1.29 is 13.2 Å². The molecule has 0 saturated carbocycles. The topological polar surface area (TPSA) is 75.3 Å². The summed E-state index contributed by atoms with van der Waals surface area (Å²) in [7, 11) is -3.84. The van der Waals surface area contributed by atoms with E-state index in [2.05, 4.69) is 10.0 Å². The van der Waals surface area contributed by atoms with Crippen molar-refractivity contribution in [1.29, 1.82) is 0 Å². The van der Waals surface area contributed by atoms with Crippen LogP contribution < -0.4 is 10.0 Å². The monoisotopic (exact) mass is 412 g/mol. The van der Waals surface area contributed by atoms with Crippen LogP contribution >= 0.6 is 11.8 Å². The van der Waals surface area contributed by atoms with Crippen LogP contribution in [-0.4, -0.2) is 20.6 Å². The van der Waals surface area contributed by atoms with Gasteiger partial charge in [-0.3, -0.25) is 9.52 Å². The maximum Gasteiger partial charge on any atom is 0.261 e. The maximum atomic E-state index is 13.0. The third-order valence-electron chi connectivity index (χ3n) is 4.05. The van der Waals surface area contributed by atoms with E-state index < -0.39 is 10.0 Å². The molecular formula is C21H20N2O3S2. The van der Waals surface area contributed by atoms with Gasteiger partial charge in [0, 0.05) is 17.4 Å². The van der Waals surface area contributed by atoms with Gasteiger partial charge in [-0.25, -0.2) is 8.42 Å². The molecule has 3 aromatic rings. The number of anilines is 2. The average molecular weight is 413 g/mol. The lowest BCUT2D eigenvalue weighted by Gasteiger charge is -2.15. The average Bonchev–Trinajstić information content (AvgIpc) is 2.68. The molecule has 0 fully saturated rings. The smallest absolute Gasteiger partial charge is 0.261 e. The van der Waals surface area contributed by atoms with E-state index in [1.54, 1.807) is 18.2 Å². The number of amides is 1. The van der Waals surface area contributed by atoms with E-state index in [9.17, 15) is 13.2 Å². The summed E-state index contributed by atoms with van der Waals surface area (Å²) < 4.78 is 28.7. The van der Waals surface area contributed by atoms with Crippen LogP contribution in [0.25, 0.3) is 11.1 Å². The first-order valence-electron chi connectivity index (χ1n) is 8.53. The molecule has 1 amide bonds. The molecule has 3 rings (SSSR count). The molecule has 0 unspecified atom stereocenters. The van der Waals surface area contributed by atoms with Crippen molar-refractivity contribution >= 4 is 39.1 Å². The first kappa shape index (κ1) is 20.0. The van der Waals surface area contributed by atoms with E-state index in [-0.39, 0.29) is 10.8 Å². The van der Waals surface area contributed by atoms with Crippen LogP contribution in [0.3, 0.4) is 0 Å². The summed E-state index contributed by atoms with van der Waals surface area (Å²) in [5.41, 5.74) is 2.66. The predicted molar refractivity (Wildman–Crippen MR) is 115 cm³/mol. The molecule has 0 aliphatic heterocycles. The molecule has 0 aliphatic carbocycles. The molecule has 0 aliphatic rings. The molecular weight excluding hydrogens is 392 g/mol. The van der Waals surface area contributed by atoms with Crippen LogP contribution in [-0.2, 0) is 14.8 Å². The Bertz CT molecular complexity index is 1100. The second-order valence-electron chi connectivity index (χ2n) is 6.06. The Labute approximate surface area is 169 Å². The number of benzene rings is 3. The standard InChI is InChI=1S/C21H20N2O3S2/c1-15(24)22-20-14-17(12-13-21(20)27-2)28(25,26)23-19-11-7-6-10-18(19)16-8-4-3-5-9-16/h3-14,23H,1-2H3,(H,22,24). The van der Waals surface area contributed by atoms with Gasteiger partial charge in [-0.2, -0.15) is 0 Å². The van der Waals surface area contributed by atoms with Crippen molar-refractivity contribution in [1.82, 2.24) is 0 Å². The molecule has 0 bridgehead atoms. The fraction of sp³-hybridized carbons (Fsp3) is 0.0952. The van der Waals surface area contributed by atoms with E-state index >= 15 is 0 Å². The summed E-state index contributed by atoms with van der Waals surface area (Å²) in [6.45, 7) is 1.39. The molecule has 28 heavy (non-hydrogen) atoms. The fourth-order valence-electron chi connectivity index (χ4n) is 2.79. The van der Waals surface area contributed by atoms with E-state index in [0.717, 1.165) is 16.0 Å². The predicted octanol–water partition coefficient (Wildman–Crippen LogP) is 4.83. The summed E-state index contributed by atoms with van der Waals surface area (Å²) in [4.78, 5) is 12.3. The summed E-state index contributed by atoms with van der Waals surface area (Å²) >= 11 is 1.43. The molecule has 0 aromatic heterocycles. The van der Waals surface area contributed by atoms with Crippen LogP contribution in [0.4, 0.5) is 11.4 Å². The van der Waals surface area contributed by atoms with Gasteiger partial charge in [-0.1, -0.05) is 48.5 Å². The Hall–Kier alpha value is -2.77. The molecule has 7 heteroatoms. The van der Waals surface area contributed by atoms with Crippen molar-refractivity contribution in [2.45, 2.75) is 16.7 Å². The van der Waals surface area contributed by atoms with Gasteiger partial charge in [0.1, 0.15) is 0 Å². The Morgan fingerprint density at radius 3 is 2.25 bits per heavy atom. The number of nitrogens with one attached hydrogen (secondary N) is 2. The summed E-state index contributed by atoms with van der Waals surface area (Å²) in [5, 5.41) is 2.69. The van der Waals surface area contributed by atoms with Gasteiger partial charge < -0.3 is 5.32 Å². The van der Waals surface area contributed by atoms with Gasteiger partial charge >= 0.3 is 0 Å². The highest BCUT2D eigenvalue weighted by atomic mass is 32.2. The van der Waals surface area contributed by atoms with Crippen molar-refractivity contribution in [3.63, 3.8) is 0 Å². The number of sulfonamides is 1. The Morgan fingerprint density at radius 2 is 1.57 bits per heavy atom. The summed E-state index contributed by atoms with van der Waals surface area (Å²) in [5.74, 6) is -0.257. The summed E-state index contributed by atoms with van der Waals surface area (Å²) in [6, 6.07) is 21.5. The van der Waals surface area contributed by atoms with Crippen molar-refractivity contribution in [2.75, 3.05) is 16.3 Å². The molecule has 5 nitrogen and oxygen atoms in total. The second-order valence-corrected chi connectivity index (χ2v) is 8.59. The minimum absolute atomic E-state index is 0.0805. The Kier molecular flexibility index (Phi) is 6.06. The zero-order chi connectivity index (χ0) is 20.1. The van der Waals surface area contributed by atoms with E-state index in [4.69, 9.17) is 0 Å². The Morgan fingerprint density at radius 1 is 0.893 bits per heavy atom. The minimum Gasteiger partial charge on any atom is -0.325 e. The van der Waals surface area contributed by atoms with Crippen molar-refractivity contribution in [2.24, 2.45) is 0 Å². The molecule has 0 radical (unpaired) electrons. The fourth-order valence-corrected chi connectivity index (χ4v) is 4.43. The number of rotatable bonds is 6. The molecule has 144 valence electrons. The number of hydrogen-bond donors (Lipinski definition) is 2. The van der Waals surface area contributed by atoms with Gasteiger partial charge in [0.2, 0.25) is 5.91 Å². The van der Waals surface area contributed by atoms with Gasteiger partial charge in [-0.05, 0) is 36.1 Å². The lowest BCUT2D eigenvalue weighted by atomic mass is 10.0. The number of carbonyl (C=O) groups is 1. The highest BCUT2D eigenvalue weighted by Gasteiger charge is 2.18. The first-order valence-corrected chi connectivity index (χ1v) is 11.2. The van der Waals surface area contributed by atoms with Crippen molar-refractivity contribution in [3.05, 3.63) is 72.8 Å². The molecule has 3 aromatic carbocycles. The third kappa shape index (κ3) is 4.55. The normalized spacial score (nSPS) is 11.1. The van der Waals surface area contributed by atoms with Crippen LogP contribution in [0.15, 0.2) is 82.6 Å². The lowest BCUT2D eigenvalue weighted by Crippen LogP contribution is -2.15. The molecule has 2 N–H and O–H groups in total. The SMILES string of the molecule is CSc1ccc(S(=O)(=O)Nc2ccccc2-c2ccccc2)cc1NC(C)=O. The van der Waals surface area contributed by atoms with Crippen LogP contribution in [0.5, 0.6) is 0 Å². The highest BCUT2D eigenvalue weighted by molar-refractivity contribution is 7.98. The second kappa shape index (κ2) is 8.50. The number of carbonyl (C=O) groups excluding carboxylic acids is 1. The number of hydrogen-bond acceptors (Lipinski definition) is 4. The minimum atomic E-state index is -3.84. The Balaban J connectivity index is 1.99. The van der Waals surface area contributed by atoms with E-state index in [0.29, 0.717) is 11.4 Å². The third-order valence-corrected chi connectivity index (χ3v) is 6.21. The van der Waals surface area contributed by atoms with Gasteiger partial charge in [-0.15, -0.1) is 11.8 Å². The van der Waals surface area contributed by atoms with Crippen LogP contribution in [0.2, 0.25) is 0 Å². The van der Waals surface area contributed by atoms with Crippen LogP contribution in [0.1, 0.15) is 6.92 Å². The van der Waals surface area contributed by atoms with Gasteiger partial charge in [0.25, 0.3) is 10.0 Å². The van der Waals surface area contributed by atoms with Crippen molar-refractivity contribution in [3.8, 4) is 11.1 Å². The zero-order valence-corrected chi connectivity index (χ0v) is 17.1. The summed E-state index contributed by atoms with van der Waals surface area (Å²) in [6.07, 6.45) is 1.86. The maximum absolute atomic E-state index is 13.0. The van der Waals surface area contributed by atoms with Crippen LogP contribution in [0, 0.1) is 0 Å². The molecule has 0 saturated heterocycles. The molecule has 0 spiro atoms. The molecule has 0 atom stereocenters. The van der Waals surface area contributed by atoms with Gasteiger partial charge in [0.15, 0.2) is 0 Å². The number of para-hydroxylation sites is 1. The zero-order valence-electron chi connectivity index (χ0n) is 15.5. The van der Waals surface area contributed by atoms with E-state index in [1.807, 2.05) is 48.7 Å². The largest absolute Gasteiger partial charge is 0.325 e. The van der Waals surface area contributed by atoms with E-state index in [1.165, 1.54) is 30.8 Å². The quantitative estimate of drug-likeness (QED) is 0.569. The number of thioether (sulfide) groups is 1. The first-order chi connectivity index (χ1) is 13.4. The highest BCUT2D eigenvalue weighted by Crippen LogP contribution is 2.32. The molecule has 0 heterocycles. The van der Waals surface area contributed by atoms with Gasteiger partial charge in [0.05, 0.1) is 16.3 Å². The lowest BCUT2D eigenvalue weighted by molar-refractivity contribution is -0.114.